The molecule has 3 fully saturated rings. The minimum absolute atomic E-state index is 0.148. The van der Waals surface area contributed by atoms with Gasteiger partial charge in [0.05, 0.1) is 0 Å². The van der Waals surface area contributed by atoms with Crippen molar-refractivity contribution < 1.29 is 14.7 Å². The summed E-state index contributed by atoms with van der Waals surface area (Å²) in [4.78, 5) is 29.9. The van der Waals surface area contributed by atoms with Crippen molar-refractivity contribution in [2.45, 2.75) is 69.9 Å². The number of hydrogen-bond donors (Lipinski definition) is 2. The zero-order valence-electron chi connectivity index (χ0n) is 23.2. The van der Waals surface area contributed by atoms with Gasteiger partial charge >= 0.3 is 5.97 Å². The van der Waals surface area contributed by atoms with E-state index in [1.54, 1.807) is 0 Å². The first-order valence-electron chi connectivity index (χ1n) is 15.1. The number of carbonyl (C=O) groups is 2. The minimum Gasteiger partial charge on any atom is -0.480 e. The number of nitrogens with zero attached hydrogens (tertiary/aromatic N) is 2. The van der Waals surface area contributed by atoms with E-state index >= 15 is 0 Å². The lowest BCUT2D eigenvalue weighted by molar-refractivity contribution is -0.145. The summed E-state index contributed by atoms with van der Waals surface area (Å²) in [6, 6.07) is 20.4. The molecule has 6 heteroatoms. The maximum absolute atomic E-state index is 12.6. The van der Waals surface area contributed by atoms with Gasteiger partial charge in [-0.3, -0.25) is 14.5 Å². The molecule has 2 aliphatic heterocycles. The summed E-state index contributed by atoms with van der Waals surface area (Å²) < 4.78 is 0. The van der Waals surface area contributed by atoms with Crippen LogP contribution in [-0.2, 0) is 16.1 Å². The van der Waals surface area contributed by atoms with Crippen LogP contribution in [0.3, 0.4) is 0 Å². The Morgan fingerprint density at radius 1 is 0.872 bits per heavy atom. The van der Waals surface area contributed by atoms with Gasteiger partial charge in [0.25, 0.3) is 0 Å². The predicted molar refractivity (Wildman–Crippen MR) is 154 cm³/mol. The van der Waals surface area contributed by atoms with Crippen molar-refractivity contribution in [3.63, 3.8) is 0 Å². The zero-order valence-corrected chi connectivity index (χ0v) is 23.2. The molecular formula is C33H45N3O3. The highest BCUT2D eigenvalue weighted by Gasteiger charge is 2.43. The van der Waals surface area contributed by atoms with Crippen LogP contribution in [0.1, 0.15) is 68.4 Å². The van der Waals surface area contributed by atoms with Crippen molar-refractivity contribution >= 4 is 11.9 Å². The number of likely N-dealkylation sites (tertiary alicyclic amines) is 2. The fraction of sp³-hybridized carbons (Fsp3) is 0.576. The van der Waals surface area contributed by atoms with Gasteiger partial charge in [0, 0.05) is 38.5 Å². The predicted octanol–water partition coefficient (Wildman–Crippen LogP) is 5.15. The molecule has 6 nitrogen and oxygen atoms in total. The molecule has 2 aromatic carbocycles. The molecular weight excluding hydrogens is 486 g/mol. The molecule has 0 bridgehead atoms. The van der Waals surface area contributed by atoms with Gasteiger partial charge in [-0.1, -0.05) is 79.9 Å². The summed E-state index contributed by atoms with van der Waals surface area (Å²) in [5.74, 6) is 0.998. The molecule has 5 rings (SSSR count). The first kappa shape index (κ1) is 27.9. The number of amides is 1. The van der Waals surface area contributed by atoms with E-state index in [0.717, 1.165) is 76.8 Å². The highest BCUT2D eigenvalue weighted by Crippen LogP contribution is 2.38. The molecule has 1 amide bonds. The molecule has 2 aromatic rings. The lowest BCUT2D eigenvalue weighted by Gasteiger charge is -2.35. The van der Waals surface area contributed by atoms with Gasteiger partial charge in [-0.05, 0) is 67.7 Å². The number of aliphatic carboxylic acids is 1. The third kappa shape index (κ3) is 7.49. The molecule has 3 aliphatic rings. The molecule has 1 saturated carbocycles. The van der Waals surface area contributed by atoms with Crippen LogP contribution >= 0.6 is 0 Å². The highest BCUT2D eigenvalue weighted by atomic mass is 16.4. The molecule has 1 aliphatic carbocycles. The number of nitrogens with one attached hydrogen (secondary N) is 1. The standard InChI is InChI=1S/C33H45N3O3/c37-31(34-21-26-10-4-1-5-11-26)20-25-16-18-35(19-17-25)22-29-23-36(24-30(29)27-12-6-2-7-13-27)32(33(38)39)28-14-8-3-9-15-28/h1-2,4-7,10-13,25,28-30,32H,3,8-9,14-24H2,(H,34,37)(H,38,39). The Kier molecular flexibility index (Phi) is 9.70. The number of piperidine rings is 1. The van der Waals surface area contributed by atoms with Gasteiger partial charge < -0.3 is 15.3 Å². The number of rotatable bonds is 10. The number of carboxylic acid groups (broad SMARTS) is 1. The van der Waals surface area contributed by atoms with E-state index in [1.165, 1.54) is 12.0 Å². The van der Waals surface area contributed by atoms with Gasteiger partial charge in [0.1, 0.15) is 6.04 Å². The van der Waals surface area contributed by atoms with E-state index in [2.05, 4.69) is 45.4 Å². The van der Waals surface area contributed by atoms with E-state index in [9.17, 15) is 14.7 Å². The molecule has 2 heterocycles. The van der Waals surface area contributed by atoms with Crippen molar-refractivity contribution in [2.75, 3.05) is 32.7 Å². The Hall–Kier alpha value is -2.70. The normalized spacial score (nSPS) is 24.4. The third-order valence-corrected chi connectivity index (χ3v) is 9.45. The van der Waals surface area contributed by atoms with E-state index < -0.39 is 5.97 Å². The van der Waals surface area contributed by atoms with Crippen LogP contribution in [-0.4, -0.2) is 65.5 Å². The van der Waals surface area contributed by atoms with Crippen LogP contribution < -0.4 is 5.32 Å². The smallest absolute Gasteiger partial charge is 0.321 e. The van der Waals surface area contributed by atoms with Crippen LogP contribution in [0.5, 0.6) is 0 Å². The second kappa shape index (κ2) is 13.6. The summed E-state index contributed by atoms with van der Waals surface area (Å²) in [7, 11) is 0. The number of carbonyl (C=O) groups excluding carboxylic acids is 1. The van der Waals surface area contributed by atoms with Gasteiger partial charge in [0.2, 0.25) is 5.91 Å². The third-order valence-electron chi connectivity index (χ3n) is 9.45. The Labute approximate surface area is 233 Å². The number of benzene rings is 2. The highest BCUT2D eigenvalue weighted by molar-refractivity contribution is 5.76. The SMILES string of the molecule is O=C(CC1CCN(CC2CN(C(C(=O)O)C3CCCCC3)CC2c2ccccc2)CC1)NCc1ccccc1. The minimum atomic E-state index is -0.638. The molecule has 0 aromatic heterocycles. The van der Waals surface area contributed by atoms with Crippen LogP contribution in [0.25, 0.3) is 0 Å². The monoisotopic (exact) mass is 531 g/mol. The Morgan fingerprint density at radius 2 is 1.54 bits per heavy atom. The van der Waals surface area contributed by atoms with E-state index in [1.807, 2.05) is 30.3 Å². The maximum atomic E-state index is 12.6. The molecule has 0 radical (unpaired) electrons. The van der Waals surface area contributed by atoms with E-state index in [-0.39, 0.29) is 17.9 Å². The Bertz CT molecular complexity index is 1050. The van der Waals surface area contributed by atoms with Crippen molar-refractivity contribution in [3.05, 3.63) is 71.8 Å². The molecule has 2 N–H and O–H groups in total. The molecule has 39 heavy (non-hydrogen) atoms. The van der Waals surface area contributed by atoms with Gasteiger partial charge in [-0.15, -0.1) is 0 Å². The average Bonchev–Trinajstić information content (AvgIpc) is 3.37. The van der Waals surface area contributed by atoms with E-state index in [0.29, 0.717) is 30.7 Å². The summed E-state index contributed by atoms with van der Waals surface area (Å²) in [5, 5.41) is 13.4. The van der Waals surface area contributed by atoms with Crippen molar-refractivity contribution in [1.82, 2.24) is 15.1 Å². The molecule has 210 valence electrons. The van der Waals surface area contributed by atoms with Gasteiger partial charge in [-0.25, -0.2) is 0 Å². The van der Waals surface area contributed by atoms with Gasteiger partial charge in [-0.2, -0.15) is 0 Å². The quantitative estimate of drug-likeness (QED) is 0.443. The Balaban J connectivity index is 1.16. The van der Waals surface area contributed by atoms with Crippen molar-refractivity contribution in [1.29, 1.82) is 0 Å². The average molecular weight is 532 g/mol. The van der Waals surface area contributed by atoms with Gasteiger partial charge in [0.15, 0.2) is 0 Å². The summed E-state index contributed by atoms with van der Waals surface area (Å²) in [5.41, 5.74) is 2.47. The molecule has 3 atom stereocenters. The topological polar surface area (TPSA) is 72.9 Å². The zero-order chi connectivity index (χ0) is 27.0. The molecule has 3 unspecified atom stereocenters. The second-order valence-electron chi connectivity index (χ2n) is 12.1. The molecule has 2 saturated heterocycles. The fourth-order valence-electron chi connectivity index (χ4n) is 7.34. The summed E-state index contributed by atoms with van der Waals surface area (Å²) in [6.45, 7) is 5.31. The Morgan fingerprint density at radius 3 is 2.21 bits per heavy atom. The summed E-state index contributed by atoms with van der Waals surface area (Å²) >= 11 is 0. The maximum Gasteiger partial charge on any atom is 0.321 e. The van der Waals surface area contributed by atoms with Crippen molar-refractivity contribution in [3.8, 4) is 0 Å². The van der Waals surface area contributed by atoms with E-state index in [4.69, 9.17) is 0 Å². The van der Waals surface area contributed by atoms with Crippen molar-refractivity contribution in [2.24, 2.45) is 17.8 Å². The van der Waals surface area contributed by atoms with Crippen LogP contribution in [0.15, 0.2) is 60.7 Å². The molecule has 0 spiro atoms. The van der Waals surface area contributed by atoms with Crippen LogP contribution in [0, 0.1) is 17.8 Å². The van der Waals surface area contributed by atoms with Crippen LogP contribution in [0.4, 0.5) is 0 Å². The second-order valence-corrected chi connectivity index (χ2v) is 12.1. The lowest BCUT2D eigenvalue weighted by atomic mass is 9.83. The fourth-order valence-corrected chi connectivity index (χ4v) is 7.34. The first-order chi connectivity index (χ1) is 19.1. The number of hydrogen-bond acceptors (Lipinski definition) is 4. The van der Waals surface area contributed by atoms with Crippen LogP contribution in [0.2, 0.25) is 0 Å². The first-order valence-corrected chi connectivity index (χ1v) is 15.1. The summed E-state index contributed by atoms with van der Waals surface area (Å²) in [6.07, 6.45) is 8.34. The lowest BCUT2D eigenvalue weighted by Crippen LogP contribution is -2.46. The number of carboxylic acids is 1. The largest absolute Gasteiger partial charge is 0.480 e.